The maximum atomic E-state index is 11.9. The van der Waals surface area contributed by atoms with Crippen molar-refractivity contribution < 1.29 is 9.59 Å². The molecule has 6 heteroatoms. The molecular formula is C20H28N4O2. The van der Waals surface area contributed by atoms with Gasteiger partial charge in [-0.1, -0.05) is 37.5 Å². The van der Waals surface area contributed by atoms with E-state index in [0.29, 0.717) is 19.5 Å². The smallest absolute Gasteiger partial charge is 0.315 e. The molecule has 2 aromatic rings. The molecular weight excluding hydrogens is 328 g/mol. The number of nitrogens with one attached hydrogen (secondary N) is 4. The Morgan fingerprint density at radius 1 is 1.04 bits per heavy atom. The second kappa shape index (κ2) is 9.27. The number of benzene rings is 1. The van der Waals surface area contributed by atoms with Gasteiger partial charge in [0.25, 0.3) is 0 Å². The summed E-state index contributed by atoms with van der Waals surface area (Å²) in [4.78, 5) is 27.0. The molecule has 1 aromatic heterocycles. The molecule has 1 fully saturated rings. The van der Waals surface area contributed by atoms with Gasteiger partial charge in [0, 0.05) is 42.7 Å². The Morgan fingerprint density at radius 3 is 2.69 bits per heavy atom. The van der Waals surface area contributed by atoms with E-state index in [1.165, 1.54) is 30.2 Å². The number of aromatic nitrogens is 1. The molecule has 1 aliphatic rings. The van der Waals surface area contributed by atoms with Crippen molar-refractivity contribution in [1.82, 2.24) is 20.9 Å². The summed E-state index contributed by atoms with van der Waals surface area (Å²) in [5.74, 6) is -0.0391. The fourth-order valence-corrected chi connectivity index (χ4v) is 3.54. The van der Waals surface area contributed by atoms with E-state index in [0.717, 1.165) is 24.8 Å². The van der Waals surface area contributed by atoms with Crippen LogP contribution in [-0.2, 0) is 11.2 Å². The summed E-state index contributed by atoms with van der Waals surface area (Å²) in [5.41, 5.74) is 2.31. The van der Waals surface area contributed by atoms with Crippen LogP contribution in [0.2, 0.25) is 0 Å². The number of hydrogen-bond donors (Lipinski definition) is 4. The Bertz CT molecular complexity index is 734. The second-order valence-corrected chi connectivity index (χ2v) is 6.94. The molecule has 1 aromatic carbocycles. The standard InChI is InChI=1S/C20H28N4O2/c25-19(11-13-22-20(26)24-16-6-2-1-3-7-16)21-12-10-15-14-23-18-9-5-4-8-17(15)18/h4-5,8-9,14,16,23H,1-3,6-7,10-13H2,(H,21,25)(H2,22,24,26). The summed E-state index contributed by atoms with van der Waals surface area (Å²) in [5, 5.41) is 9.87. The monoisotopic (exact) mass is 356 g/mol. The van der Waals surface area contributed by atoms with Crippen LogP contribution in [0.15, 0.2) is 30.5 Å². The molecule has 0 spiro atoms. The average molecular weight is 356 g/mol. The lowest BCUT2D eigenvalue weighted by Crippen LogP contribution is -2.43. The van der Waals surface area contributed by atoms with Crippen LogP contribution in [0.25, 0.3) is 10.9 Å². The van der Waals surface area contributed by atoms with Gasteiger partial charge in [0.15, 0.2) is 0 Å². The van der Waals surface area contributed by atoms with Crippen molar-refractivity contribution in [2.24, 2.45) is 0 Å². The zero-order valence-electron chi connectivity index (χ0n) is 15.1. The molecule has 0 unspecified atom stereocenters. The quantitative estimate of drug-likeness (QED) is 0.615. The first-order valence-electron chi connectivity index (χ1n) is 9.58. The van der Waals surface area contributed by atoms with E-state index < -0.39 is 0 Å². The van der Waals surface area contributed by atoms with E-state index >= 15 is 0 Å². The van der Waals surface area contributed by atoms with Crippen molar-refractivity contribution in [2.45, 2.75) is 51.0 Å². The number of amides is 3. The third-order valence-corrected chi connectivity index (χ3v) is 4.97. The Labute approximate surface area is 154 Å². The van der Waals surface area contributed by atoms with Crippen LogP contribution in [0.1, 0.15) is 44.1 Å². The summed E-state index contributed by atoms with van der Waals surface area (Å²) in [7, 11) is 0. The molecule has 0 aliphatic heterocycles. The number of para-hydroxylation sites is 1. The number of carbonyl (C=O) groups excluding carboxylic acids is 2. The summed E-state index contributed by atoms with van der Waals surface area (Å²) in [6.07, 6.45) is 8.82. The molecule has 4 N–H and O–H groups in total. The molecule has 26 heavy (non-hydrogen) atoms. The van der Waals surface area contributed by atoms with Crippen molar-refractivity contribution >= 4 is 22.8 Å². The van der Waals surface area contributed by atoms with Gasteiger partial charge in [-0.15, -0.1) is 0 Å². The van der Waals surface area contributed by atoms with Crippen molar-refractivity contribution in [2.75, 3.05) is 13.1 Å². The van der Waals surface area contributed by atoms with Crippen molar-refractivity contribution in [3.63, 3.8) is 0 Å². The van der Waals surface area contributed by atoms with Gasteiger partial charge in [-0.2, -0.15) is 0 Å². The first kappa shape index (κ1) is 18.3. The van der Waals surface area contributed by atoms with Gasteiger partial charge in [-0.3, -0.25) is 4.79 Å². The maximum Gasteiger partial charge on any atom is 0.315 e. The molecule has 0 radical (unpaired) electrons. The van der Waals surface area contributed by atoms with Crippen molar-refractivity contribution in [1.29, 1.82) is 0 Å². The Hall–Kier alpha value is -2.50. The number of rotatable bonds is 7. The normalized spacial score (nSPS) is 14.9. The highest BCUT2D eigenvalue weighted by molar-refractivity contribution is 5.83. The lowest BCUT2D eigenvalue weighted by molar-refractivity contribution is -0.120. The predicted molar refractivity (Wildman–Crippen MR) is 103 cm³/mol. The molecule has 0 atom stereocenters. The van der Waals surface area contributed by atoms with Gasteiger partial charge in [-0.25, -0.2) is 4.79 Å². The van der Waals surface area contributed by atoms with Crippen LogP contribution < -0.4 is 16.0 Å². The number of fused-ring (bicyclic) bond motifs is 1. The van der Waals surface area contributed by atoms with Crippen LogP contribution >= 0.6 is 0 Å². The van der Waals surface area contributed by atoms with Gasteiger partial charge in [0.2, 0.25) is 5.91 Å². The summed E-state index contributed by atoms with van der Waals surface area (Å²) < 4.78 is 0. The molecule has 140 valence electrons. The van der Waals surface area contributed by atoms with Gasteiger partial charge < -0.3 is 20.9 Å². The minimum Gasteiger partial charge on any atom is -0.361 e. The van der Waals surface area contributed by atoms with E-state index in [1.807, 2.05) is 24.4 Å². The van der Waals surface area contributed by atoms with Crippen LogP contribution in [0.4, 0.5) is 4.79 Å². The lowest BCUT2D eigenvalue weighted by atomic mass is 9.96. The molecule has 6 nitrogen and oxygen atoms in total. The SMILES string of the molecule is O=C(CCNC(=O)NC1CCCCC1)NCCc1c[nH]c2ccccc12. The van der Waals surface area contributed by atoms with Crippen LogP contribution in [0, 0.1) is 0 Å². The minimum atomic E-state index is -0.163. The third kappa shape index (κ3) is 5.25. The van der Waals surface area contributed by atoms with Crippen LogP contribution in [0.3, 0.4) is 0 Å². The fourth-order valence-electron chi connectivity index (χ4n) is 3.54. The molecule has 0 bridgehead atoms. The van der Waals surface area contributed by atoms with Crippen LogP contribution in [0.5, 0.6) is 0 Å². The molecule has 3 rings (SSSR count). The van der Waals surface area contributed by atoms with E-state index in [9.17, 15) is 9.59 Å². The molecule has 1 aliphatic carbocycles. The molecule has 0 saturated heterocycles. The summed E-state index contributed by atoms with van der Waals surface area (Å²) in [6, 6.07) is 8.26. The number of carbonyl (C=O) groups is 2. The Kier molecular flexibility index (Phi) is 6.52. The lowest BCUT2D eigenvalue weighted by Gasteiger charge is -2.22. The van der Waals surface area contributed by atoms with Gasteiger partial charge in [-0.05, 0) is 30.9 Å². The number of aromatic amines is 1. The number of urea groups is 1. The highest BCUT2D eigenvalue weighted by Gasteiger charge is 2.15. The fraction of sp³-hybridized carbons (Fsp3) is 0.500. The first-order chi connectivity index (χ1) is 12.7. The van der Waals surface area contributed by atoms with Gasteiger partial charge in [0.05, 0.1) is 0 Å². The Balaban J connectivity index is 1.30. The molecule has 1 heterocycles. The number of H-pyrrole nitrogens is 1. The largest absolute Gasteiger partial charge is 0.361 e. The maximum absolute atomic E-state index is 11.9. The zero-order valence-corrected chi connectivity index (χ0v) is 15.1. The van der Waals surface area contributed by atoms with E-state index in [4.69, 9.17) is 0 Å². The zero-order chi connectivity index (χ0) is 18.2. The highest BCUT2D eigenvalue weighted by Crippen LogP contribution is 2.18. The topological polar surface area (TPSA) is 86.0 Å². The van der Waals surface area contributed by atoms with Crippen LogP contribution in [-0.4, -0.2) is 36.1 Å². The molecule has 1 saturated carbocycles. The average Bonchev–Trinajstić information content (AvgIpc) is 3.06. The van der Waals surface area contributed by atoms with E-state index in [2.05, 4.69) is 27.0 Å². The Morgan fingerprint density at radius 2 is 1.85 bits per heavy atom. The highest BCUT2D eigenvalue weighted by atomic mass is 16.2. The van der Waals surface area contributed by atoms with Crippen molar-refractivity contribution in [3.05, 3.63) is 36.0 Å². The predicted octanol–water partition coefficient (Wildman–Crippen LogP) is 2.85. The summed E-state index contributed by atoms with van der Waals surface area (Å²) >= 11 is 0. The second-order valence-electron chi connectivity index (χ2n) is 6.94. The van der Waals surface area contributed by atoms with Crippen molar-refractivity contribution in [3.8, 4) is 0 Å². The molecule has 3 amide bonds. The first-order valence-corrected chi connectivity index (χ1v) is 9.58. The van der Waals surface area contributed by atoms with E-state index in [1.54, 1.807) is 0 Å². The number of hydrogen-bond acceptors (Lipinski definition) is 2. The van der Waals surface area contributed by atoms with E-state index in [-0.39, 0.29) is 18.0 Å². The van der Waals surface area contributed by atoms with Gasteiger partial charge in [0.1, 0.15) is 0 Å². The minimum absolute atomic E-state index is 0.0391. The third-order valence-electron chi connectivity index (χ3n) is 4.97. The summed E-state index contributed by atoms with van der Waals surface area (Å²) in [6.45, 7) is 0.951. The van der Waals surface area contributed by atoms with Gasteiger partial charge >= 0.3 is 6.03 Å².